The second kappa shape index (κ2) is 6.37. The molecule has 3 rings (SSSR count). The first kappa shape index (κ1) is 14.2. The molecule has 1 aliphatic carbocycles. The molecule has 112 valence electrons. The van der Waals surface area contributed by atoms with Crippen molar-refractivity contribution in [3.05, 3.63) is 36.2 Å². The maximum atomic E-state index is 10.1. The van der Waals surface area contributed by atoms with Crippen LogP contribution >= 0.6 is 0 Å². The van der Waals surface area contributed by atoms with Crippen molar-refractivity contribution in [3.8, 4) is 11.4 Å². The van der Waals surface area contributed by atoms with Gasteiger partial charge in [0.2, 0.25) is 11.7 Å². The van der Waals surface area contributed by atoms with E-state index >= 15 is 0 Å². The lowest BCUT2D eigenvalue weighted by atomic mass is 9.91. The van der Waals surface area contributed by atoms with Crippen molar-refractivity contribution in [1.29, 1.82) is 0 Å². The Bertz CT molecular complexity index is 570. The molecular formula is C16H21N3O2. The molecule has 1 N–H and O–H groups in total. The van der Waals surface area contributed by atoms with Gasteiger partial charge in [0.1, 0.15) is 0 Å². The molecule has 5 heteroatoms. The molecule has 1 aliphatic rings. The summed E-state index contributed by atoms with van der Waals surface area (Å²) < 4.78 is 5.33. The molecule has 1 saturated carbocycles. The van der Waals surface area contributed by atoms with Gasteiger partial charge in [-0.3, -0.25) is 4.90 Å². The zero-order chi connectivity index (χ0) is 14.7. The number of aromatic nitrogens is 2. The molecule has 5 nitrogen and oxygen atoms in total. The van der Waals surface area contributed by atoms with Crippen molar-refractivity contribution in [3.63, 3.8) is 0 Å². The van der Waals surface area contributed by atoms with E-state index in [0.717, 1.165) is 24.8 Å². The number of benzene rings is 1. The average molecular weight is 287 g/mol. The normalized spacial score (nSPS) is 22.6. The highest BCUT2D eigenvalue weighted by Crippen LogP contribution is 2.23. The van der Waals surface area contributed by atoms with E-state index in [2.05, 4.69) is 15.0 Å². The molecule has 2 unspecified atom stereocenters. The third-order valence-corrected chi connectivity index (χ3v) is 4.14. The zero-order valence-corrected chi connectivity index (χ0v) is 12.3. The van der Waals surface area contributed by atoms with Gasteiger partial charge in [0.05, 0.1) is 12.6 Å². The van der Waals surface area contributed by atoms with Crippen molar-refractivity contribution in [1.82, 2.24) is 15.0 Å². The molecule has 0 spiro atoms. The largest absolute Gasteiger partial charge is 0.391 e. The second-order valence-electron chi connectivity index (χ2n) is 5.71. The standard InChI is InChI=1S/C16H21N3O2/c1-19(13-9-5-6-10-14(13)20)11-15-17-16(18-21-15)12-7-3-2-4-8-12/h2-4,7-8,13-14,20H,5-6,9-11H2,1H3. The molecule has 1 heterocycles. The summed E-state index contributed by atoms with van der Waals surface area (Å²) in [5, 5.41) is 14.1. The highest BCUT2D eigenvalue weighted by Gasteiger charge is 2.27. The van der Waals surface area contributed by atoms with E-state index in [1.165, 1.54) is 6.42 Å². The third kappa shape index (κ3) is 3.31. The number of hydrogen-bond donors (Lipinski definition) is 1. The minimum atomic E-state index is -0.250. The Morgan fingerprint density at radius 2 is 2.00 bits per heavy atom. The monoisotopic (exact) mass is 287 g/mol. The fourth-order valence-electron chi connectivity index (χ4n) is 2.96. The molecule has 1 aromatic heterocycles. The van der Waals surface area contributed by atoms with Gasteiger partial charge in [0.15, 0.2) is 0 Å². The summed E-state index contributed by atoms with van der Waals surface area (Å²) in [5.41, 5.74) is 0.952. The van der Waals surface area contributed by atoms with Crippen LogP contribution in [-0.2, 0) is 6.54 Å². The Kier molecular flexibility index (Phi) is 4.31. The summed E-state index contributed by atoms with van der Waals surface area (Å²) in [6, 6.07) is 9.98. The first-order chi connectivity index (χ1) is 10.2. The Morgan fingerprint density at radius 3 is 2.76 bits per heavy atom. The molecule has 0 aliphatic heterocycles. The predicted molar refractivity (Wildman–Crippen MR) is 79.5 cm³/mol. The Labute approximate surface area is 124 Å². The lowest BCUT2D eigenvalue weighted by Crippen LogP contribution is -2.42. The highest BCUT2D eigenvalue weighted by atomic mass is 16.5. The molecule has 21 heavy (non-hydrogen) atoms. The summed E-state index contributed by atoms with van der Waals surface area (Å²) in [7, 11) is 2.01. The summed E-state index contributed by atoms with van der Waals surface area (Å²) in [6.45, 7) is 0.571. The lowest BCUT2D eigenvalue weighted by Gasteiger charge is -2.34. The van der Waals surface area contributed by atoms with Crippen LogP contribution in [0.3, 0.4) is 0 Å². The van der Waals surface area contributed by atoms with Crippen LogP contribution in [0.15, 0.2) is 34.9 Å². The number of nitrogens with zero attached hydrogens (tertiary/aromatic N) is 3. The topological polar surface area (TPSA) is 62.4 Å². The van der Waals surface area contributed by atoms with Gasteiger partial charge in [-0.25, -0.2) is 0 Å². The van der Waals surface area contributed by atoms with Crippen LogP contribution < -0.4 is 0 Å². The van der Waals surface area contributed by atoms with Gasteiger partial charge < -0.3 is 9.63 Å². The SMILES string of the molecule is CN(Cc1nc(-c2ccccc2)no1)C1CCCCC1O. The number of aliphatic hydroxyl groups is 1. The van der Waals surface area contributed by atoms with Crippen molar-refractivity contribution in [2.24, 2.45) is 0 Å². The molecule has 0 bridgehead atoms. The van der Waals surface area contributed by atoms with E-state index in [1.54, 1.807) is 0 Å². The van der Waals surface area contributed by atoms with Gasteiger partial charge >= 0.3 is 0 Å². The molecule has 1 fully saturated rings. The quantitative estimate of drug-likeness (QED) is 0.936. The molecule has 1 aromatic carbocycles. The van der Waals surface area contributed by atoms with Gasteiger partial charge in [-0.05, 0) is 19.9 Å². The van der Waals surface area contributed by atoms with Crippen LogP contribution in [-0.4, -0.2) is 39.3 Å². The molecular weight excluding hydrogens is 266 g/mol. The van der Waals surface area contributed by atoms with E-state index < -0.39 is 0 Å². The Balaban J connectivity index is 1.67. The van der Waals surface area contributed by atoms with Crippen LogP contribution in [0.5, 0.6) is 0 Å². The number of hydrogen-bond acceptors (Lipinski definition) is 5. The number of aliphatic hydroxyl groups excluding tert-OH is 1. The van der Waals surface area contributed by atoms with Gasteiger partial charge in [0.25, 0.3) is 0 Å². The Hall–Kier alpha value is -1.72. The van der Waals surface area contributed by atoms with Gasteiger partial charge in [-0.2, -0.15) is 4.98 Å². The van der Waals surface area contributed by atoms with Gasteiger partial charge in [-0.15, -0.1) is 0 Å². The first-order valence-electron chi connectivity index (χ1n) is 7.50. The van der Waals surface area contributed by atoms with Crippen molar-refractivity contribution >= 4 is 0 Å². The van der Waals surface area contributed by atoms with Crippen LogP contribution in [0.4, 0.5) is 0 Å². The zero-order valence-electron chi connectivity index (χ0n) is 12.3. The van der Waals surface area contributed by atoms with Crippen LogP contribution in [0.2, 0.25) is 0 Å². The predicted octanol–water partition coefficient (Wildman–Crippen LogP) is 2.47. The maximum absolute atomic E-state index is 10.1. The van der Waals surface area contributed by atoms with E-state index in [1.807, 2.05) is 37.4 Å². The summed E-state index contributed by atoms with van der Waals surface area (Å²) in [6.07, 6.45) is 3.95. The summed E-state index contributed by atoms with van der Waals surface area (Å²) in [5.74, 6) is 1.21. The van der Waals surface area contributed by atoms with E-state index in [4.69, 9.17) is 4.52 Å². The second-order valence-corrected chi connectivity index (χ2v) is 5.71. The Morgan fingerprint density at radius 1 is 1.24 bits per heavy atom. The first-order valence-corrected chi connectivity index (χ1v) is 7.50. The third-order valence-electron chi connectivity index (χ3n) is 4.14. The van der Waals surface area contributed by atoms with Crippen LogP contribution in [0.25, 0.3) is 11.4 Å². The minimum Gasteiger partial charge on any atom is -0.391 e. The summed E-state index contributed by atoms with van der Waals surface area (Å²) in [4.78, 5) is 6.56. The van der Waals surface area contributed by atoms with E-state index in [0.29, 0.717) is 18.3 Å². The van der Waals surface area contributed by atoms with Gasteiger partial charge in [-0.1, -0.05) is 48.3 Å². The fraction of sp³-hybridized carbons (Fsp3) is 0.500. The van der Waals surface area contributed by atoms with Crippen molar-refractivity contribution in [2.45, 2.75) is 44.4 Å². The van der Waals surface area contributed by atoms with Crippen molar-refractivity contribution in [2.75, 3.05) is 7.05 Å². The molecule has 2 aromatic rings. The van der Waals surface area contributed by atoms with E-state index in [-0.39, 0.29) is 12.1 Å². The fourth-order valence-corrected chi connectivity index (χ4v) is 2.96. The van der Waals surface area contributed by atoms with Crippen molar-refractivity contribution < 1.29 is 9.63 Å². The van der Waals surface area contributed by atoms with Crippen LogP contribution in [0, 0.1) is 0 Å². The van der Waals surface area contributed by atoms with Gasteiger partial charge in [0, 0.05) is 11.6 Å². The van der Waals surface area contributed by atoms with E-state index in [9.17, 15) is 5.11 Å². The minimum absolute atomic E-state index is 0.186. The average Bonchev–Trinajstić information content (AvgIpc) is 2.97. The highest BCUT2D eigenvalue weighted by molar-refractivity contribution is 5.53. The smallest absolute Gasteiger partial charge is 0.241 e. The molecule has 0 saturated heterocycles. The summed E-state index contributed by atoms with van der Waals surface area (Å²) >= 11 is 0. The molecule has 0 radical (unpaired) electrons. The van der Waals surface area contributed by atoms with Crippen LogP contribution in [0.1, 0.15) is 31.6 Å². The number of likely N-dealkylation sites (N-methyl/N-ethyl adjacent to an activating group) is 1. The molecule has 2 atom stereocenters. The maximum Gasteiger partial charge on any atom is 0.241 e. The number of rotatable bonds is 4. The molecule has 0 amide bonds. The lowest BCUT2D eigenvalue weighted by molar-refractivity contribution is 0.0248.